The first-order chi connectivity index (χ1) is 9.65. The van der Waals surface area contributed by atoms with Gasteiger partial charge in [0.05, 0.1) is 0 Å². The molecule has 5 nitrogen and oxygen atoms in total. The number of hydrogen-bond acceptors (Lipinski definition) is 4. The Kier molecular flexibility index (Phi) is 4.82. The van der Waals surface area contributed by atoms with Crippen LogP contribution in [0, 0.1) is 0 Å². The maximum Gasteiger partial charge on any atom is 0.279 e. The van der Waals surface area contributed by atoms with Gasteiger partial charge in [0.15, 0.2) is 5.03 Å². The molecule has 1 aliphatic rings. The molecule has 0 atom stereocenters. The van der Waals surface area contributed by atoms with Crippen LogP contribution in [0.3, 0.4) is 0 Å². The lowest BCUT2D eigenvalue weighted by Gasteiger charge is -2.18. The Hall–Kier alpha value is -1.63. The minimum Gasteiger partial charge on any atom is -0.312 e. The van der Waals surface area contributed by atoms with Gasteiger partial charge in [-0.1, -0.05) is 12.1 Å². The van der Waals surface area contributed by atoms with Crippen molar-refractivity contribution >= 4 is 28.1 Å². The van der Waals surface area contributed by atoms with Crippen LogP contribution in [0.25, 0.3) is 0 Å². The smallest absolute Gasteiger partial charge is 0.279 e. The van der Waals surface area contributed by atoms with E-state index in [9.17, 15) is 8.42 Å². The minimum absolute atomic E-state index is 0. The van der Waals surface area contributed by atoms with Crippen LogP contribution < -0.4 is 10.0 Å². The number of benzene rings is 1. The number of halogens is 1. The lowest BCUT2D eigenvalue weighted by atomic mass is 10.0. The second-order valence-corrected chi connectivity index (χ2v) is 6.31. The summed E-state index contributed by atoms with van der Waals surface area (Å²) in [5.41, 5.74) is 2.98. The Morgan fingerprint density at radius 1 is 1.14 bits per heavy atom. The van der Waals surface area contributed by atoms with Crippen LogP contribution in [0.15, 0.2) is 47.6 Å². The van der Waals surface area contributed by atoms with E-state index in [2.05, 4.69) is 15.0 Å². The Labute approximate surface area is 130 Å². The standard InChI is InChI=1S/C14H15N3O2S.ClH/c18-20(19,14-3-1-2-7-16-14)17-13-5-4-12-10-15-8-6-11(12)9-13;/h1-5,7,9,15,17H,6,8,10H2;1H. The third-order valence-electron chi connectivity index (χ3n) is 3.26. The summed E-state index contributed by atoms with van der Waals surface area (Å²) in [6, 6.07) is 10.5. The highest BCUT2D eigenvalue weighted by Gasteiger charge is 2.16. The molecule has 112 valence electrons. The molecule has 0 amide bonds. The second kappa shape index (κ2) is 6.43. The summed E-state index contributed by atoms with van der Waals surface area (Å²) in [5, 5.41) is 3.31. The summed E-state index contributed by atoms with van der Waals surface area (Å²) >= 11 is 0. The molecule has 0 bridgehead atoms. The first-order valence-electron chi connectivity index (χ1n) is 6.41. The molecule has 3 rings (SSSR count). The maximum absolute atomic E-state index is 12.2. The van der Waals surface area contributed by atoms with Crippen LogP contribution in [-0.2, 0) is 23.0 Å². The predicted molar refractivity (Wildman–Crippen MR) is 84.1 cm³/mol. The van der Waals surface area contributed by atoms with E-state index >= 15 is 0 Å². The van der Waals surface area contributed by atoms with E-state index in [4.69, 9.17) is 0 Å². The molecule has 1 aromatic heterocycles. The van der Waals surface area contributed by atoms with Gasteiger partial charge in [-0.3, -0.25) is 4.72 Å². The monoisotopic (exact) mass is 325 g/mol. The van der Waals surface area contributed by atoms with Gasteiger partial charge in [0.25, 0.3) is 10.0 Å². The normalized spacial score (nSPS) is 13.9. The molecule has 1 aliphatic heterocycles. The summed E-state index contributed by atoms with van der Waals surface area (Å²) in [6.07, 6.45) is 2.38. The topological polar surface area (TPSA) is 71.1 Å². The fraction of sp³-hybridized carbons (Fsp3) is 0.214. The van der Waals surface area contributed by atoms with E-state index < -0.39 is 10.0 Å². The fourth-order valence-electron chi connectivity index (χ4n) is 2.25. The average Bonchev–Trinajstić information content (AvgIpc) is 2.48. The number of fused-ring (bicyclic) bond motifs is 1. The molecular formula is C14H16ClN3O2S. The summed E-state index contributed by atoms with van der Waals surface area (Å²) < 4.78 is 26.9. The number of hydrogen-bond donors (Lipinski definition) is 2. The lowest BCUT2D eigenvalue weighted by Crippen LogP contribution is -2.23. The predicted octanol–water partition coefficient (Wildman–Crippen LogP) is 1.95. The van der Waals surface area contributed by atoms with Crippen LogP contribution in [-0.4, -0.2) is 19.9 Å². The zero-order valence-corrected chi connectivity index (χ0v) is 12.9. The van der Waals surface area contributed by atoms with Gasteiger partial charge in [-0.25, -0.2) is 4.98 Å². The Morgan fingerprint density at radius 3 is 2.76 bits per heavy atom. The molecule has 0 saturated heterocycles. The second-order valence-electron chi connectivity index (χ2n) is 4.68. The van der Waals surface area contributed by atoms with Crippen molar-refractivity contribution in [1.29, 1.82) is 0 Å². The van der Waals surface area contributed by atoms with Gasteiger partial charge < -0.3 is 5.32 Å². The van der Waals surface area contributed by atoms with Gasteiger partial charge in [0, 0.05) is 18.4 Å². The molecule has 2 N–H and O–H groups in total. The largest absolute Gasteiger partial charge is 0.312 e. The molecule has 0 radical (unpaired) electrons. The summed E-state index contributed by atoms with van der Waals surface area (Å²) in [5.74, 6) is 0. The van der Waals surface area contributed by atoms with Crippen LogP contribution in [0.4, 0.5) is 5.69 Å². The van der Waals surface area contributed by atoms with Gasteiger partial charge in [0.1, 0.15) is 0 Å². The zero-order chi connectivity index (χ0) is 14.0. The molecule has 2 heterocycles. The number of aromatic nitrogens is 1. The molecule has 0 aliphatic carbocycles. The van der Waals surface area contributed by atoms with Crippen LogP contribution >= 0.6 is 12.4 Å². The van der Waals surface area contributed by atoms with E-state index in [1.807, 2.05) is 12.1 Å². The van der Waals surface area contributed by atoms with Gasteiger partial charge in [-0.2, -0.15) is 8.42 Å². The SMILES string of the molecule is Cl.O=S(=O)(Nc1ccc2c(c1)CCNC2)c1ccccn1. The van der Waals surface area contributed by atoms with Gasteiger partial charge in [-0.15, -0.1) is 12.4 Å². The van der Waals surface area contributed by atoms with Gasteiger partial charge >= 0.3 is 0 Å². The summed E-state index contributed by atoms with van der Waals surface area (Å²) in [4.78, 5) is 3.87. The molecule has 0 saturated carbocycles. The first-order valence-corrected chi connectivity index (χ1v) is 7.90. The number of anilines is 1. The van der Waals surface area contributed by atoms with Crippen molar-refractivity contribution in [3.63, 3.8) is 0 Å². The molecule has 0 unspecified atom stereocenters. The van der Waals surface area contributed by atoms with Crippen molar-refractivity contribution in [3.05, 3.63) is 53.7 Å². The number of nitrogens with one attached hydrogen (secondary N) is 2. The maximum atomic E-state index is 12.2. The van der Waals surface area contributed by atoms with Crippen molar-refractivity contribution in [1.82, 2.24) is 10.3 Å². The van der Waals surface area contributed by atoms with E-state index in [1.165, 1.54) is 23.4 Å². The fourth-order valence-corrected chi connectivity index (χ4v) is 3.25. The third-order valence-corrected chi connectivity index (χ3v) is 4.55. The Morgan fingerprint density at radius 2 is 2.00 bits per heavy atom. The number of pyridine rings is 1. The van der Waals surface area contributed by atoms with E-state index in [-0.39, 0.29) is 17.4 Å². The third kappa shape index (κ3) is 3.53. The molecule has 0 fully saturated rings. The van der Waals surface area contributed by atoms with Crippen molar-refractivity contribution < 1.29 is 8.42 Å². The Balaban J connectivity index is 0.00000161. The number of sulfonamides is 1. The molecule has 2 aromatic rings. The lowest BCUT2D eigenvalue weighted by molar-refractivity contribution is 0.597. The van der Waals surface area contributed by atoms with Gasteiger partial charge in [0.2, 0.25) is 0 Å². The zero-order valence-electron chi connectivity index (χ0n) is 11.2. The highest BCUT2D eigenvalue weighted by molar-refractivity contribution is 7.92. The van der Waals surface area contributed by atoms with Crippen LogP contribution in [0.5, 0.6) is 0 Å². The molecular weight excluding hydrogens is 310 g/mol. The quantitative estimate of drug-likeness (QED) is 0.905. The van der Waals surface area contributed by atoms with Crippen LogP contribution in [0.2, 0.25) is 0 Å². The molecule has 1 aromatic carbocycles. The van der Waals surface area contributed by atoms with E-state index in [0.717, 1.165) is 19.5 Å². The van der Waals surface area contributed by atoms with Crippen molar-refractivity contribution in [2.45, 2.75) is 18.0 Å². The van der Waals surface area contributed by atoms with Crippen molar-refractivity contribution in [2.75, 3.05) is 11.3 Å². The minimum atomic E-state index is -3.62. The number of nitrogens with zero attached hydrogens (tertiary/aromatic N) is 1. The van der Waals surface area contributed by atoms with Crippen LogP contribution in [0.1, 0.15) is 11.1 Å². The highest BCUT2D eigenvalue weighted by atomic mass is 35.5. The van der Waals surface area contributed by atoms with Crippen molar-refractivity contribution in [3.8, 4) is 0 Å². The number of rotatable bonds is 3. The first kappa shape index (κ1) is 15.8. The van der Waals surface area contributed by atoms with Crippen molar-refractivity contribution in [2.24, 2.45) is 0 Å². The summed E-state index contributed by atoms with van der Waals surface area (Å²) in [6.45, 7) is 1.76. The van der Waals surface area contributed by atoms with E-state index in [1.54, 1.807) is 18.2 Å². The average molecular weight is 326 g/mol. The molecule has 7 heteroatoms. The molecule has 0 spiro atoms. The Bertz CT molecular complexity index is 720. The summed E-state index contributed by atoms with van der Waals surface area (Å²) in [7, 11) is -3.62. The van der Waals surface area contributed by atoms with Gasteiger partial charge in [-0.05, 0) is 48.4 Å². The molecule has 21 heavy (non-hydrogen) atoms. The highest BCUT2D eigenvalue weighted by Crippen LogP contribution is 2.21. The van der Waals surface area contributed by atoms with E-state index in [0.29, 0.717) is 5.69 Å².